The van der Waals surface area contributed by atoms with Crippen LogP contribution in [0.3, 0.4) is 0 Å². The first-order valence-corrected chi connectivity index (χ1v) is 8.40. The van der Waals surface area contributed by atoms with Gasteiger partial charge in [0.05, 0.1) is 14.2 Å². The van der Waals surface area contributed by atoms with Crippen LogP contribution in [-0.4, -0.2) is 41.7 Å². The predicted octanol–water partition coefficient (Wildman–Crippen LogP) is 2.16. The lowest BCUT2D eigenvalue weighted by Gasteiger charge is -2.15. The second-order valence-corrected chi connectivity index (χ2v) is 6.07. The molecule has 0 spiro atoms. The number of nitrogens with zero attached hydrogens (tertiary/aromatic N) is 4. The molecule has 0 unspecified atom stereocenters. The maximum atomic E-state index is 13.0. The molecule has 1 amide bonds. The Kier molecular flexibility index (Phi) is 5.12. The van der Waals surface area contributed by atoms with Crippen molar-refractivity contribution in [2.45, 2.75) is 0 Å². The molecule has 0 aliphatic carbocycles. The molecule has 0 aliphatic rings. The summed E-state index contributed by atoms with van der Waals surface area (Å²) in [6.45, 7) is 3.45. The van der Waals surface area contributed by atoms with E-state index in [4.69, 9.17) is 9.47 Å². The number of anilines is 1. The quantitative estimate of drug-likeness (QED) is 0.631. The van der Waals surface area contributed by atoms with Crippen molar-refractivity contribution >= 4 is 22.9 Å². The molecule has 0 atom stereocenters. The lowest BCUT2D eigenvalue weighted by atomic mass is 10.1. The molecular weight excluding hydrogens is 360 g/mol. The van der Waals surface area contributed by atoms with E-state index in [1.54, 1.807) is 58.8 Å². The first-order valence-electron chi connectivity index (χ1n) is 8.40. The van der Waals surface area contributed by atoms with Gasteiger partial charge in [-0.3, -0.25) is 19.1 Å². The third kappa shape index (κ3) is 3.32. The number of ether oxygens (including phenoxy) is 2. The highest BCUT2D eigenvalue weighted by molar-refractivity contribution is 5.99. The minimum Gasteiger partial charge on any atom is -0.497 e. The molecule has 0 saturated carbocycles. The van der Waals surface area contributed by atoms with Crippen LogP contribution in [0.4, 0.5) is 5.95 Å². The number of carbonyl (C=O) groups excluding carboxylic acids is 1. The fourth-order valence-electron chi connectivity index (χ4n) is 2.80. The Morgan fingerprint density at radius 2 is 1.82 bits per heavy atom. The summed E-state index contributed by atoms with van der Waals surface area (Å²) in [6, 6.07) is 6.97. The van der Waals surface area contributed by atoms with E-state index >= 15 is 0 Å². The molecule has 2 aromatic heterocycles. The Balaban J connectivity index is 2.20. The summed E-state index contributed by atoms with van der Waals surface area (Å²) < 4.78 is 12.0. The number of aryl methyl sites for hydroxylation is 1. The van der Waals surface area contributed by atoms with Gasteiger partial charge in [-0.25, -0.2) is 4.98 Å². The number of fused-ring (bicyclic) bond motifs is 1. The molecule has 0 bridgehead atoms. The van der Waals surface area contributed by atoms with E-state index in [1.807, 2.05) is 0 Å². The second-order valence-electron chi connectivity index (χ2n) is 6.07. The molecule has 0 N–H and O–H groups in total. The zero-order valence-corrected chi connectivity index (χ0v) is 16.1. The van der Waals surface area contributed by atoms with Gasteiger partial charge in [-0.1, -0.05) is 6.58 Å². The molecule has 2 heterocycles. The molecule has 3 rings (SSSR count). The molecule has 28 heavy (non-hydrogen) atoms. The molecule has 3 aromatic rings. The highest BCUT2D eigenvalue weighted by atomic mass is 16.5. The van der Waals surface area contributed by atoms with E-state index in [-0.39, 0.29) is 17.4 Å². The molecule has 8 heteroatoms. The molecule has 0 aliphatic heterocycles. The van der Waals surface area contributed by atoms with Crippen LogP contribution in [0.25, 0.3) is 22.2 Å². The fraction of sp³-hybridized carbons (Fsp3) is 0.200. The van der Waals surface area contributed by atoms with E-state index in [0.29, 0.717) is 33.7 Å². The van der Waals surface area contributed by atoms with Crippen LogP contribution in [-0.2, 0) is 11.8 Å². The van der Waals surface area contributed by atoms with Crippen molar-refractivity contribution in [2.24, 2.45) is 7.05 Å². The van der Waals surface area contributed by atoms with Crippen molar-refractivity contribution < 1.29 is 14.3 Å². The van der Waals surface area contributed by atoms with Gasteiger partial charge in [-0.05, 0) is 29.8 Å². The number of hydrogen-bond donors (Lipinski definition) is 0. The number of amides is 1. The standard InChI is InChI=1S/C20H20N4O4/c1-6-17(25)23(2)20-21-11-13-9-16(19(26)24(3)18(13)22-20)12-7-14(27-4)10-15(8-12)28-5/h6-11H,1H2,2-5H3. The number of benzene rings is 1. The largest absolute Gasteiger partial charge is 0.497 e. The Hall–Kier alpha value is -3.68. The normalized spacial score (nSPS) is 10.6. The first kappa shape index (κ1) is 19.1. The lowest BCUT2D eigenvalue weighted by Crippen LogP contribution is -2.27. The number of methoxy groups -OCH3 is 2. The van der Waals surface area contributed by atoms with Crippen molar-refractivity contribution in [1.29, 1.82) is 0 Å². The van der Waals surface area contributed by atoms with E-state index < -0.39 is 0 Å². The van der Waals surface area contributed by atoms with Gasteiger partial charge >= 0.3 is 0 Å². The zero-order chi connectivity index (χ0) is 20.4. The highest BCUT2D eigenvalue weighted by Gasteiger charge is 2.16. The number of pyridine rings is 1. The number of likely N-dealkylation sites (N-methyl/N-ethyl adjacent to an activating group) is 1. The van der Waals surface area contributed by atoms with Crippen LogP contribution in [0.2, 0.25) is 0 Å². The van der Waals surface area contributed by atoms with Crippen molar-refractivity contribution in [3.8, 4) is 22.6 Å². The number of carbonyl (C=O) groups is 1. The van der Waals surface area contributed by atoms with Crippen molar-refractivity contribution in [3.63, 3.8) is 0 Å². The highest BCUT2D eigenvalue weighted by Crippen LogP contribution is 2.29. The Labute approximate surface area is 161 Å². The number of rotatable bonds is 5. The summed E-state index contributed by atoms with van der Waals surface area (Å²) in [5.74, 6) is 0.993. The average molecular weight is 380 g/mol. The summed E-state index contributed by atoms with van der Waals surface area (Å²) in [5.41, 5.74) is 1.28. The molecule has 1 aromatic carbocycles. The van der Waals surface area contributed by atoms with Gasteiger partial charge in [0.2, 0.25) is 5.95 Å². The van der Waals surface area contributed by atoms with Gasteiger partial charge in [0, 0.05) is 37.3 Å². The minimum atomic E-state index is -0.343. The lowest BCUT2D eigenvalue weighted by molar-refractivity contribution is -0.113. The summed E-state index contributed by atoms with van der Waals surface area (Å²) in [4.78, 5) is 34.6. The maximum absolute atomic E-state index is 13.0. The topological polar surface area (TPSA) is 86.6 Å². The van der Waals surface area contributed by atoms with E-state index in [0.717, 1.165) is 0 Å². The number of hydrogen-bond acceptors (Lipinski definition) is 6. The minimum absolute atomic E-state index is 0.184. The van der Waals surface area contributed by atoms with Crippen LogP contribution in [0.5, 0.6) is 11.5 Å². The summed E-state index contributed by atoms with van der Waals surface area (Å²) in [5, 5.41) is 0.655. The zero-order valence-electron chi connectivity index (χ0n) is 16.1. The molecule has 144 valence electrons. The van der Waals surface area contributed by atoms with Crippen LogP contribution in [0.1, 0.15) is 0 Å². The van der Waals surface area contributed by atoms with Crippen molar-refractivity contribution in [2.75, 3.05) is 26.2 Å². The average Bonchev–Trinajstić information content (AvgIpc) is 2.74. The number of aromatic nitrogens is 3. The van der Waals surface area contributed by atoms with Gasteiger partial charge in [0.25, 0.3) is 11.5 Å². The smallest absolute Gasteiger partial charge is 0.259 e. The molecular formula is C20H20N4O4. The molecule has 0 saturated heterocycles. The van der Waals surface area contributed by atoms with Crippen LogP contribution in [0, 0.1) is 0 Å². The molecule has 0 radical (unpaired) electrons. The van der Waals surface area contributed by atoms with Crippen LogP contribution in [0.15, 0.2) is 47.9 Å². The van der Waals surface area contributed by atoms with E-state index in [2.05, 4.69) is 16.5 Å². The summed E-state index contributed by atoms with van der Waals surface area (Å²) in [6.07, 6.45) is 2.75. The van der Waals surface area contributed by atoms with E-state index in [9.17, 15) is 9.59 Å². The van der Waals surface area contributed by atoms with Crippen molar-refractivity contribution in [1.82, 2.24) is 14.5 Å². The predicted molar refractivity (Wildman–Crippen MR) is 107 cm³/mol. The second kappa shape index (κ2) is 7.51. The Morgan fingerprint density at radius 1 is 1.18 bits per heavy atom. The summed E-state index contributed by atoms with van der Waals surface area (Å²) in [7, 11) is 6.26. The van der Waals surface area contributed by atoms with Crippen LogP contribution < -0.4 is 19.9 Å². The van der Waals surface area contributed by atoms with Crippen LogP contribution >= 0.6 is 0 Å². The van der Waals surface area contributed by atoms with Gasteiger partial charge in [-0.15, -0.1) is 0 Å². The first-order chi connectivity index (χ1) is 13.4. The third-order valence-corrected chi connectivity index (χ3v) is 4.40. The van der Waals surface area contributed by atoms with Crippen molar-refractivity contribution in [3.05, 3.63) is 53.5 Å². The van der Waals surface area contributed by atoms with E-state index in [1.165, 1.54) is 15.5 Å². The maximum Gasteiger partial charge on any atom is 0.259 e. The monoisotopic (exact) mass is 380 g/mol. The molecule has 8 nitrogen and oxygen atoms in total. The molecule has 0 fully saturated rings. The fourth-order valence-corrected chi connectivity index (χ4v) is 2.80. The van der Waals surface area contributed by atoms with Gasteiger partial charge in [0.15, 0.2) is 0 Å². The third-order valence-electron chi connectivity index (χ3n) is 4.40. The van der Waals surface area contributed by atoms with Gasteiger partial charge < -0.3 is 9.47 Å². The Bertz CT molecular complexity index is 1110. The Morgan fingerprint density at radius 3 is 2.39 bits per heavy atom. The summed E-state index contributed by atoms with van der Waals surface area (Å²) >= 11 is 0. The van der Waals surface area contributed by atoms with Gasteiger partial charge in [-0.2, -0.15) is 4.98 Å². The SMILES string of the molecule is C=CC(=O)N(C)c1ncc2cc(-c3cc(OC)cc(OC)c3)c(=O)n(C)c2n1. The van der Waals surface area contributed by atoms with Gasteiger partial charge in [0.1, 0.15) is 17.1 Å².